The Labute approximate surface area is 262 Å². The molecule has 2 N–H and O–H groups in total. The number of esters is 2. The van der Waals surface area contributed by atoms with Crippen molar-refractivity contribution in [1.82, 2.24) is 4.57 Å². The summed E-state index contributed by atoms with van der Waals surface area (Å²) in [5, 5.41) is 6.20. The lowest BCUT2D eigenvalue weighted by Gasteiger charge is -2.28. The van der Waals surface area contributed by atoms with E-state index in [2.05, 4.69) is 24.3 Å². The van der Waals surface area contributed by atoms with Crippen LogP contribution >= 0.6 is 11.3 Å². The lowest BCUT2D eigenvalue weighted by Crippen LogP contribution is -2.42. The molecule has 2 heterocycles. The lowest BCUT2D eigenvalue weighted by molar-refractivity contribution is -0.138. The summed E-state index contributed by atoms with van der Waals surface area (Å²) in [4.78, 5) is 41.7. The Morgan fingerprint density at radius 1 is 0.822 bits per heavy atom. The predicted molar refractivity (Wildman–Crippen MR) is 180 cm³/mol. The highest BCUT2D eigenvalue weighted by Gasteiger charge is 2.40. The minimum atomic E-state index is -0.946. The maximum atomic E-state index is 14.0. The number of nitrogens with two attached hydrogens (primary N) is 1. The average molecular weight is 615 g/mol. The molecule has 0 radical (unpaired) electrons. The number of ether oxygens (including phenoxy) is 2. The van der Waals surface area contributed by atoms with Crippen molar-refractivity contribution in [2.24, 2.45) is 5.73 Å². The smallest absolute Gasteiger partial charge is 0.338 e. The Hall–Kier alpha value is -5.21. The van der Waals surface area contributed by atoms with E-state index in [0.717, 1.165) is 54.8 Å². The highest BCUT2D eigenvalue weighted by atomic mass is 32.1. The lowest BCUT2D eigenvalue weighted by atomic mass is 9.79. The zero-order chi connectivity index (χ0) is 31.4. The number of carbonyl (C=O) groups excluding carboxylic acids is 2. The second-order valence-corrected chi connectivity index (χ2v) is 12.1. The van der Waals surface area contributed by atoms with Crippen molar-refractivity contribution in [3.05, 3.63) is 121 Å². The van der Waals surface area contributed by atoms with Gasteiger partial charge >= 0.3 is 11.9 Å². The summed E-state index contributed by atoms with van der Waals surface area (Å²) in [5.74, 6) is -2.32. The van der Waals surface area contributed by atoms with Crippen molar-refractivity contribution < 1.29 is 19.1 Å². The van der Waals surface area contributed by atoms with Crippen LogP contribution in [0.3, 0.4) is 0 Å². The molecule has 0 saturated heterocycles. The zero-order valence-electron chi connectivity index (χ0n) is 25.0. The van der Waals surface area contributed by atoms with E-state index >= 15 is 0 Å². The number of hydrogen-bond acceptors (Lipinski definition) is 7. The Balaban J connectivity index is 1.61. The largest absolute Gasteiger partial charge is 0.463 e. The molecule has 6 aromatic rings. The summed E-state index contributed by atoms with van der Waals surface area (Å²) in [6.45, 7) is 5.62. The third-order valence-electron chi connectivity index (χ3n) is 8.39. The van der Waals surface area contributed by atoms with Gasteiger partial charge in [0.05, 0.1) is 34.8 Å². The Kier molecular flexibility index (Phi) is 7.01. The summed E-state index contributed by atoms with van der Waals surface area (Å²) in [6.07, 6.45) is 1.77. The number of nitrogens with zero attached hydrogens (tertiary/aromatic N) is 1. The fraction of sp³-hybridized carbons (Fsp3) is 0.162. The Morgan fingerprint density at radius 2 is 1.42 bits per heavy atom. The number of fused-ring (bicyclic) bond motifs is 1. The average Bonchev–Trinajstić information content (AvgIpc) is 3.36. The van der Waals surface area contributed by atoms with Crippen LogP contribution in [0.15, 0.2) is 89.2 Å². The van der Waals surface area contributed by atoms with Crippen LogP contribution in [0.1, 0.15) is 36.5 Å². The van der Waals surface area contributed by atoms with Crippen LogP contribution in [0, 0.1) is 6.92 Å². The Bertz CT molecular complexity index is 2360. The van der Waals surface area contributed by atoms with Crippen molar-refractivity contribution in [2.75, 3.05) is 13.2 Å². The normalized spacial score (nSPS) is 15.3. The van der Waals surface area contributed by atoms with Gasteiger partial charge in [-0.3, -0.25) is 9.36 Å². The maximum absolute atomic E-state index is 14.0. The molecule has 0 aliphatic carbocycles. The number of aromatic nitrogens is 1. The van der Waals surface area contributed by atoms with E-state index in [-0.39, 0.29) is 30.2 Å². The molecular weight excluding hydrogens is 584 g/mol. The van der Waals surface area contributed by atoms with Crippen LogP contribution in [-0.2, 0) is 19.1 Å². The highest BCUT2D eigenvalue weighted by Crippen LogP contribution is 2.44. The molecule has 7 rings (SSSR count). The van der Waals surface area contributed by atoms with Crippen LogP contribution in [-0.4, -0.2) is 29.7 Å². The topological polar surface area (TPSA) is 101 Å². The van der Waals surface area contributed by atoms with Crippen molar-refractivity contribution in [1.29, 1.82) is 0 Å². The van der Waals surface area contributed by atoms with E-state index in [4.69, 9.17) is 15.2 Å². The highest BCUT2D eigenvalue weighted by molar-refractivity contribution is 7.07. The molecule has 8 heteroatoms. The van der Waals surface area contributed by atoms with Gasteiger partial charge in [0.25, 0.3) is 5.56 Å². The van der Waals surface area contributed by atoms with Crippen molar-refractivity contribution >= 4 is 73.1 Å². The second-order valence-electron chi connectivity index (χ2n) is 11.1. The maximum Gasteiger partial charge on any atom is 0.338 e. The van der Waals surface area contributed by atoms with Crippen LogP contribution < -0.4 is 20.5 Å². The molecule has 224 valence electrons. The van der Waals surface area contributed by atoms with Gasteiger partial charge in [0, 0.05) is 0 Å². The standard InChI is InChI=1S/C37H30N2O5S/c1-4-43-36(41)31-30(26-18-16-24-14-13-22-7-6-8-23-15-17-25(26)29(24)28(22)23)32(37(42)44-5-2)35-39(33(31)38)34(40)27(45-35)19-21-11-9-20(3)10-12-21/h6-19,30H,4-5,38H2,1-3H3/b27-19-. The summed E-state index contributed by atoms with van der Waals surface area (Å²) in [7, 11) is 0. The number of hydrogen-bond donors (Lipinski definition) is 1. The van der Waals surface area contributed by atoms with E-state index in [0.29, 0.717) is 14.8 Å². The van der Waals surface area contributed by atoms with E-state index in [1.807, 2.05) is 61.5 Å². The molecule has 0 bridgehead atoms. The van der Waals surface area contributed by atoms with Crippen molar-refractivity contribution in [3.8, 4) is 0 Å². The Morgan fingerprint density at radius 3 is 2.09 bits per heavy atom. The molecule has 0 fully saturated rings. The fourth-order valence-electron chi connectivity index (χ4n) is 6.40. The van der Waals surface area contributed by atoms with Crippen molar-refractivity contribution in [2.45, 2.75) is 26.7 Å². The van der Waals surface area contributed by atoms with Gasteiger partial charge in [0.15, 0.2) is 0 Å². The number of rotatable bonds is 6. The van der Waals surface area contributed by atoms with Gasteiger partial charge in [-0.2, -0.15) is 0 Å². The quantitative estimate of drug-likeness (QED) is 0.206. The van der Waals surface area contributed by atoms with Crippen molar-refractivity contribution in [3.63, 3.8) is 0 Å². The molecule has 1 aliphatic rings. The second kappa shape index (κ2) is 11.1. The number of thiazole rings is 1. The minimum Gasteiger partial charge on any atom is -0.463 e. The summed E-state index contributed by atoms with van der Waals surface area (Å²) in [5.41, 5.74) is 9.17. The first-order chi connectivity index (χ1) is 21.8. The predicted octanol–water partition coefficient (Wildman–Crippen LogP) is 5.15. The molecule has 1 aliphatic heterocycles. The molecule has 0 spiro atoms. The summed E-state index contributed by atoms with van der Waals surface area (Å²) in [6, 6.07) is 26.1. The molecule has 0 saturated carbocycles. The SMILES string of the molecule is CCOC(=O)C1=C(N)n2c(s/c(=C\c3ccc(C)cc3)c2=O)=C(C(=O)OCC)C1c1ccc2ccc3cccc4ccc1c2c34. The summed E-state index contributed by atoms with van der Waals surface area (Å²) < 4.78 is 13.1. The summed E-state index contributed by atoms with van der Waals surface area (Å²) >= 11 is 1.16. The minimum absolute atomic E-state index is 0.0317. The van der Waals surface area contributed by atoms with E-state index in [1.54, 1.807) is 19.9 Å². The van der Waals surface area contributed by atoms with Gasteiger partial charge in [0.1, 0.15) is 10.5 Å². The van der Waals surface area contributed by atoms with Gasteiger partial charge in [-0.15, -0.1) is 11.3 Å². The first kappa shape index (κ1) is 28.6. The molecule has 45 heavy (non-hydrogen) atoms. The van der Waals surface area contributed by atoms with Gasteiger partial charge in [-0.25, -0.2) is 9.59 Å². The molecular formula is C37H30N2O5S. The third-order valence-corrected chi connectivity index (χ3v) is 9.50. The van der Waals surface area contributed by atoms with Crippen LogP contribution in [0.2, 0.25) is 0 Å². The fourth-order valence-corrected chi connectivity index (χ4v) is 7.56. The van der Waals surface area contributed by atoms with Gasteiger partial charge in [-0.05, 0) is 70.3 Å². The number of aryl methyl sites for hydroxylation is 1. The molecule has 1 unspecified atom stereocenters. The first-order valence-corrected chi connectivity index (χ1v) is 15.7. The number of benzene rings is 5. The zero-order valence-corrected chi connectivity index (χ0v) is 25.9. The number of carbonyl (C=O) groups is 2. The van der Waals surface area contributed by atoms with E-state index in [1.165, 1.54) is 4.57 Å². The molecule has 7 nitrogen and oxygen atoms in total. The van der Waals surface area contributed by atoms with E-state index in [9.17, 15) is 14.4 Å². The van der Waals surface area contributed by atoms with Gasteiger partial charge in [0.2, 0.25) is 0 Å². The molecule has 1 aromatic heterocycles. The molecule has 5 aromatic carbocycles. The van der Waals surface area contributed by atoms with Crippen LogP contribution in [0.25, 0.3) is 49.8 Å². The van der Waals surface area contributed by atoms with Gasteiger partial charge < -0.3 is 15.2 Å². The molecule has 0 amide bonds. The van der Waals surface area contributed by atoms with Crippen LogP contribution in [0.4, 0.5) is 0 Å². The monoisotopic (exact) mass is 614 g/mol. The van der Waals surface area contributed by atoms with E-state index < -0.39 is 23.4 Å². The van der Waals surface area contributed by atoms with Gasteiger partial charge in [-0.1, -0.05) is 84.4 Å². The molecule has 1 atom stereocenters. The third kappa shape index (κ3) is 4.52. The van der Waals surface area contributed by atoms with Crippen LogP contribution in [0.5, 0.6) is 0 Å². The first-order valence-electron chi connectivity index (χ1n) is 14.9.